The van der Waals surface area contributed by atoms with E-state index >= 15 is 4.11 Å². The minimum absolute atomic E-state index is 0.0481. The Morgan fingerprint density at radius 2 is 1.80 bits per heavy atom. The molecule has 4 aliphatic rings. The van der Waals surface area contributed by atoms with E-state index in [0.29, 0.717) is 35.8 Å². The predicted molar refractivity (Wildman–Crippen MR) is 179 cm³/mol. The highest BCUT2D eigenvalue weighted by molar-refractivity contribution is 6.72. The summed E-state index contributed by atoms with van der Waals surface area (Å²) in [4.78, 5) is 46.2. The van der Waals surface area contributed by atoms with Gasteiger partial charge in [0.2, 0.25) is 20.2 Å². The quantitative estimate of drug-likeness (QED) is 0.275. The van der Waals surface area contributed by atoms with E-state index in [1.165, 1.54) is 0 Å². The zero-order valence-corrected chi connectivity index (χ0v) is 28.8. The van der Waals surface area contributed by atoms with Crippen LogP contribution in [0.25, 0.3) is 0 Å². The molecule has 248 valence electrons. The van der Waals surface area contributed by atoms with Gasteiger partial charge in [0.1, 0.15) is 0 Å². The Morgan fingerprint density at radius 3 is 2.52 bits per heavy atom. The molecule has 0 aliphatic carbocycles. The third-order valence-corrected chi connectivity index (χ3v) is 13.3. The molecule has 8 nitrogen and oxygen atoms in total. The number of ether oxygens (including phenoxy) is 1. The van der Waals surface area contributed by atoms with Gasteiger partial charge < -0.3 is 28.7 Å². The van der Waals surface area contributed by atoms with Gasteiger partial charge in [0, 0.05) is 47.2 Å². The van der Waals surface area contributed by atoms with Crippen LogP contribution in [0.2, 0.25) is 23.7 Å². The summed E-state index contributed by atoms with van der Waals surface area (Å²) in [5.41, 5.74) is 0.905. The van der Waals surface area contributed by atoms with Crippen LogP contribution in [0.3, 0.4) is 0 Å². The van der Waals surface area contributed by atoms with E-state index in [4.69, 9.17) is 16.3 Å². The first-order valence-corrected chi connectivity index (χ1v) is 20.1. The van der Waals surface area contributed by atoms with E-state index in [-0.39, 0.29) is 43.3 Å². The third kappa shape index (κ3) is 5.91. The van der Waals surface area contributed by atoms with Crippen molar-refractivity contribution < 1.29 is 28.3 Å². The van der Waals surface area contributed by atoms with E-state index < -0.39 is 31.6 Å². The molecule has 0 bridgehead atoms. The number of hydrogen-bond acceptors (Lipinski definition) is 5. The number of aliphatic hydroxyl groups excluding tert-OH is 1. The number of halogens is 2. The van der Waals surface area contributed by atoms with Crippen molar-refractivity contribution in [3.8, 4) is 0 Å². The van der Waals surface area contributed by atoms with Crippen molar-refractivity contribution in [1.29, 1.82) is 0 Å². The van der Waals surface area contributed by atoms with E-state index in [2.05, 4.69) is 0 Å². The summed E-state index contributed by atoms with van der Waals surface area (Å²) < 4.78 is 23.0. The van der Waals surface area contributed by atoms with Crippen molar-refractivity contribution in [3.05, 3.63) is 58.6 Å². The molecule has 0 unspecified atom stereocenters. The number of hydrogen-bond donors (Lipinski definition) is 1. The lowest BCUT2D eigenvalue weighted by Crippen LogP contribution is -2.45. The monoisotopic (exact) mass is 669 g/mol. The molecule has 2 aromatic rings. The first kappa shape index (κ1) is 33.1. The molecule has 1 N–H and O–H groups in total. The SMILES string of the molecule is C[C@H]1[C@H]([Si](C)(C)F)[C@@H](CC(=O)N2CCC[C@H]2CO)O[C@]12C(=O)N(Cc1ccc(N3CCCCCCC3=O)cc1)c1ccc(Cl)cc12. The number of likely N-dealkylation sites (tertiary alicyclic amines) is 1. The Bertz CT molecular complexity index is 1490. The fraction of sp³-hybridized carbons (Fsp3) is 0.571. The predicted octanol–water partition coefficient (Wildman–Crippen LogP) is 6.33. The summed E-state index contributed by atoms with van der Waals surface area (Å²) in [6.45, 7) is 6.51. The van der Waals surface area contributed by atoms with Crippen LogP contribution in [0.4, 0.5) is 15.5 Å². The molecule has 46 heavy (non-hydrogen) atoms. The number of amides is 3. The van der Waals surface area contributed by atoms with Crippen molar-refractivity contribution >= 4 is 49.1 Å². The van der Waals surface area contributed by atoms with E-state index in [1.807, 2.05) is 42.2 Å². The van der Waals surface area contributed by atoms with Crippen LogP contribution in [-0.2, 0) is 31.3 Å². The molecule has 3 saturated heterocycles. The fourth-order valence-electron chi connectivity index (χ4n) is 8.42. The normalized spacial score (nSPS) is 28.6. The van der Waals surface area contributed by atoms with Gasteiger partial charge in [-0.05, 0) is 74.7 Å². The molecule has 0 aromatic heterocycles. The van der Waals surface area contributed by atoms with Gasteiger partial charge in [-0.1, -0.05) is 43.5 Å². The van der Waals surface area contributed by atoms with Gasteiger partial charge in [-0.3, -0.25) is 14.4 Å². The molecule has 3 fully saturated rings. The molecule has 3 amide bonds. The zero-order chi connectivity index (χ0) is 32.8. The summed E-state index contributed by atoms with van der Waals surface area (Å²) in [5, 5.41) is 10.3. The highest BCUT2D eigenvalue weighted by atomic mass is 35.5. The number of carbonyl (C=O) groups is 3. The summed E-state index contributed by atoms with van der Waals surface area (Å²) in [7, 11) is -3.45. The van der Waals surface area contributed by atoms with Crippen LogP contribution < -0.4 is 9.80 Å². The zero-order valence-electron chi connectivity index (χ0n) is 27.0. The number of carbonyl (C=O) groups excluding carboxylic acids is 3. The molecule has 1 spiro atoms. The van der Waals surface area contributed by atoms with Crippen molar-refractivity contribution in [1.82, 2.24) is 4.90 Å². The Morgan fingerprint density at radius 1 is 1.07 bits per heavy atom. The second-order valence-corrected chi connectivity index (χ2v) is 18.2. The molecular formula is C35H45ClFN3O5Si. The summed E-state index contributed by atoms with van der Waals surface area (Å²) >= 11 is 6.51. The van der Waals surface area contributed by atoms with Crippen molar-refractivity contribution in [2.24, 2.45) is 5.92 Å². The number of nitrogens with zero attached hydrogens (tertiary/aromatic N) is 3. The molecule has 6 rings (SSSR count). The topological polar surface area (TPSA) is 90.4 Å². The van der Waals surface area contributed by atoms with Gasteiger partial charge in [-0.25, -0.2) is 0 Å². The minimum atomic E-state index is -3.45. The second kappa shape index (κ2) is 13.0. The first-order chi connectivity index (χ1) is 22.0. The average Bonchev–Trinajstić information content (AvgIpc) is 3.66. The number of anilines is 2. The molecular weight excluding hydrogens is 625 g/mol. The highest BCUT2D eigenvalue weighted by Gasteiger charge is 2.67. The van der Waals surface area contributed by atoms with Crippen molar-refractivity contribution in [2.45, 2.75) is 101 Å². The van der Waals surface area contributed by atoms with Crippen LogP contribution in [-0.4, -0.2) is 68.0 Å². The van der Waals surface area contributed by atoms with Gasteiger partial charge in [0.25, 0.3) is 5.91 Å². The summed E-state index contributed by atoms with van der Waals surface area (Å²) in [6.07, 6.45) is 5.34. The standard InChI is InChI=1S/C35H45ClFN3O5Si/c1-23-33(46(2,3)37)30(20-32(43)39-18-8-9-27(39)22-41)45-35(23)28-19-25(36)13-16-29(28)40(34(35)44)21-24-11-14-26(15-12-24)38-17-7-5-4-6-10-31(38)42/h11-16,19,23,27,30,33,41H,4-10,17-18,20-22H2,1-3H3/t23-,27-,30+,33-,35+/m0/s1. The molecule has 5 atom stereocenters. The lowest BCUT2D eigenvalue weighted by Gasteiger charge is -2.31. The Labute approximate surface area is 277 Å². The number of aliphatic hydroxyl groups is 1. The van der Waals surface area contributed by atoms with Gasteiger partial charge in [0.15, 0.2) is 5.60 Å². The summed E-state index contributed by atoms with van der Waals surface area (Å²) in [6, 6.07) is 12.8. The Balaban J connectivity index is 1.30. The molecule has 11 heteroatoms. The minimum Gasteiger partial charge on any atom is -0.394 e. The van der Waals surface area contributed by atoms with E-state index in [0.717, 1.165) is 49.8 Å². The fourth-order valence-corrected chi connectivity index (χ4v) is 11.1. The lowest BCUT2D eigenvalue weighted by atomic mass is 9.82. The van der Waals surface area contributed by atoms with E-state index in [9.17, 15) is 19.5 Å². The van der Waals surface area contributed by atoms with Gasteiger partial charge in [0.05, 0.1) is 37.4 Å². The summed E-state index contributed by atoms with van der Waals surface area (Å²) in [5.74, 6) is -0.866. The average molecular weight is 670 g/mol. The molecule has 4 aliphatic heterocycles. The van der Waals surface area contributed by atoms with Crippen molar-refractivity contribution in [2.75, 3.05) is 29.5 Å². The molecule has 0 radical (unpaired) electrons. The van der Waals surface area contributed by atoms with Gasteiger partial charge >= 0.3 is 0 Å². The molecule has 2 aromatic carbocycles. The third-order valence-electron chi connectivity index (χ3n) is 10.6. The molecule has 0 saturated carbocycles. The Hall–Kier alpha value is -2.79. The van der Waals surface area contributed by atoms with Gasteiger partial charge in [-0.2, -0.15) is 0 Å². The number of benzene rings is 2. The number of rotatable bonds is 7. The first-order valence-electron chi connectivity index (χ1n) is 16.7. The lowest BCUT2D eigenvalue weighted by molar-refractivity contribution is -0.150. The largest absolute Gasteiger partial charge is 0.394 e. The van der Waals surface area contributed by atoms with Crippen LogP contribution >= 0.6 is 11.6 Å². The smallest absolute Gasteiger partial charge is 0.264 e. The van der Waals surface area contributed by atoms with Crippen LogP contribution in [0.1, 0.15) is 69.4 Å². The maximum absolute atomic E-state index is 16.2. The Kier molecular flexibility index (Phi) is 9.37. The van der Waals surface area contributed by atoms with Crippen molar-refractivity contribution in [3.63, 3.8) is 0 Å². The molecule has 4 heterocycles. The van der Waals surface area contributed by atoms with Crippen LogP contribution in [0.5, 0.6) is 0 Å². The van der Waals surface area contributed by atoms with Crippen LogP contribution in [0, 0.1) is 5.92 Å². The van der Waals surface area contributed by atoms with Gasteiger partial charge in [-0.15, -0.1) is 0 Å². The van der Waals surface area contributed by atoms with E-state index in [1.54, 1.807) is 35.0 Å². The highest BCUT2D eigenvalue weighted by Crippen LogP contribution is 2.60. The second-order valence-electron chi connectivity index (χ2n) is 14.0. The maximum atomic E-state index is 16.2. The van der Waals surface area contributed by atoms with Crippen LogP contribution in [0.15, 0.2) is 42.5 Å². The maximum Gasteiger partial charge on any atom is 0.264 e. The number of fused-ring (bicyclic) bond motifs is 2.